The number of nitrogens with one attached hydrogen (secondary N) is 1. The van der Waals surface area contributed by atoms with Crippen LogP contribution in [0.3, 0.4) is 0 Å². The highest BCUT2D eigenvalue weighted by atomic mass is 79.9. The van der Waals surface area contributed by atoms with Gasteiger partial charge in [0.25, 0.3) is 0 Å². The van der Waals surface area contributed by atoms with Crippen LogP contribution in [0.1, 0.15) is 36.2 Å². The topological polar surface area (TPSA) is 25.2 Å². The van der Waals surface area contributed by atoms with Crippen LogP contribution in [0.4, 0.5) is 0 Å². The van der Waals surface area contributed by atoms with Crippen molar-refractivity contribution in [1.82, 2.24) is 5.32 Å². The molecule has 0 saturated heterocycles. The van der Waals surface area contributed by atoms with E-state index in [1.54, 1.807) is 6.26 Å². The van der Waals surface area contributed by atoms with Crippen molar-refractivity contribution in [2.24, 2.45) is 0 Å². The number of hydrogen-bond donors (Lipinski definition) is 1. The first-order valence-electron chi connectivity index (χ1n) is 6.30. The van der Waals surface area contributed by atoms with Gasteiger partial charge >= 0.3 is 0 Å². The van der Waals surface area contributed by atoms with E-state index in [0.29, 0.717) is 6.04 Å². The standard InChI is InChI=1S/C14H18BrNOS/c1-2-8-16-13(12-7-9-17-14(12)15)6-5-11-4-3-10-18-11/h3-4,7,9-10,13,16H,2,5-6,8H2,1H3. The molecule has 1 atom stereocenters. The molecule has 0 radical (unpaired) electrons. The van der Waals surface area contributed by atoms with Crippen molar-refractivity contribution >= 4 is 27.3 Å². The number of thiophene rings is 1. The van der Waals surface area contributed by atoms with Crippen LogP contribution in [-0.2, 0) is 6.42 Å². The Balaban J connectivity index is 1.99. The van der Waals surface area contributed by atoms with E-state index in [2.05, 4.69) is 45.7 Å². The zero-order valence-electron chi connectivity index (χ0n) is 10.5. The molecule has 2 rings (SSSR count). The third kappa shape index (κ3) is 3.70. The summed E-state index contributed by atoms with van der Waals surface area (Å²) in [6, 6.07) is 6.72. The molecule has 1 unspecified atom stereocenters. The summed E-state index contributed by atoms with van der Waals surface area (Å²) in [4.78, 5) is 1.44. The molecule has 0 saturated carbocycles. The molecule has 2 aromatic heterocycles. The molecule has 0 spiro atoms. The van der Waals surface area contributed by atoms with Crippen LogP contribution in [0.5, 0.6) is 0 Å². The van der Waals surface area contributed by atoms with Crippen LogP contribution < -0.4 is 5.32 Å². The summed E-state index contributed by atoms with van der Waals surface area (Å²) >= 11 is 5.30. The number of furan rings is 1. The zero-order valence-corrected chi connectivity index (χ0v) is 12.9. The van der Waals surface area contributed by atoms with Gasteiger partial charge in [0.15, 0.2) is 4.67 Å². The van der Waals surface area contributed by atoms with Crippen LogP contribution >= 0.6 is 27.3 Å². The van der Waals surface area contributed by atoms with E-state index in [9.17, 15) is 0 Å². The molecule has 2 heterocycles. The van der Waals surface area contributed by atoms with Crippen molar-refractivity contribution < 1.29 is 4.42 Å². The summed E-state index contributed by atoms with van der Waals surface area (Å²) in [7, 11) is 0. The predicted molar refractivity (Wildman–Crippen MR) is 80.1 cm³/mol. The number of aryl methyl sites for hydroxylation is 1. The third-order valence-electron chi connectivity index (χ3n) is 2.92. The molecule has 4 heteroatoms. The second kappa shape index (κ2) is 7.12. The summed E-state index contributed by atoms with van der Waals surface area (Å²) in [5.41, 5.74) is 1.22. The maximum atomic E-state index is 5.34. The molecule has 0 aliphatic heterocycles. The number of hydrogen-bond acceptors (Lipinski definition) is 3. The van der Waals surface area contributed by atoms with Gasteiger partial charge in [0.2, 0.25) is 0 Å². The lowest BCUT2D eigenvalue weighted by molar-refractivity contribution is 0.479. The van der Waals surface area contributed by atoms with Crippen molar-refractivity contribution in [3.63, 3.8) is 0 Å². The highest BCUT2D eigenvalue weighted by Gasteiger charge is 2.16. The molecule has 2 nitrogen and oxygen atoms in total. The summed E-state index contributed by atoms with van der Waals surface area (Å²) in [5, 5.41) is 5.73. The Labute approximate surface area is 121 Å². The highest BCUT2D eigenvalue weighted by Crippen LogP contribution is 2.28. The SMILES string of the molecule is CCCNC(CCc1cccs1)c1ccoc1Br. The average Bonchev–Trinajstić information content (AvgIpc) is 3.01. The van der Waals surface area contributed by atoms with Gasteiger partial charge in [-0.2, -0.15) is 0 Å². The fourth-order valence-electron chi connectivity index (χ4n) is 1.98. The van der Waals surface area contributed by atoms with Crippen LogP contribution in [0.2, 0.25) is 0 Å². The Morgan fingerprint density at radius 1 is 1.44 bits per heavy atom. The monoisotopic (exact) mass is 327 g/mol. The van der Waals surface area contributed by atoms with E-state index in [-0.39, 0.29) is 0 Å². The minimum absolute atomic E-state index is 0.361. The van der Waals surface area contributed by atoms with Crippen molar-refractivity contribution in [3.05, 3.63) is 45.0 Å². The molecule has 0 fully saturated rings. The van der Waals surface area contributed by atoms with E-state index in [1.807, 2.05) is 17.4 Å². The van der Waals surface area contributed by atoms with Crippen LogP contribution in [0, 0.1) is 0 Å². The molecule has 0 aliphatic carbocycles. The first kappa shape index (κ1) is 13.8. The van der Waals surface area contributed by atoms with E-state index in [0.717, 1.165) is 30.5 Å². The van der Waals surface area contributed by atoms with Crippen molar-refractivity contribution in [1.29, 1.82) is 0 Å². The van der Waals surface area contributed by atoms with Gasteiger partial charge in [0.1, 0.15) is 0 Å². The number of halogens is 1. The Hall–Kier alpha value is -0.580. The normalized spacial score (nSPS) is 12.8. The van der Waals surface area contributed by atoms with Gasteiger partial charge in [0.05, 0.1) is 6.26 Å². The first-order chi connectivity index (χ1) is 8.81. The van der Waals surface area contributed by atoms with Gasteiger partial charge in [-0.15, -0.1) is 11.3 Å². The largest absolute Gasteiger partial charge is 0.457 e. The number of rotatable bonds is 7. The van der Waals surface area contributed by atoms with Gasteiger partial charge in [-0.25, -0.2) is 0 Å². The van der Waals surface area contributed by atoms with E-state index in [1.165, 1.54) is 10.4 Å². The van der Waals surface area contributed by atoms with Crippen molar-refractivity contribution in [3.8, 4) is 0 Å². The van der Waals surface area contributed by atoms with Gasteiger partial charge in [-0.1, -0.05) is 13.0 Å². The Morgan fingerprint density at radius 2 is 2.33 bits per heavy atom. The summed E-state index contributed by atoms with van der Waals surface area (Å²) in [6.45, 7) is 3.22. The van der Waals surface area contributed by atoms with Crippen LogP contribution in [0.25, 0.3) is 0 Å². The second-order valence-electron chi connectivity index (χ2n) is 4.27. The molecule has 0 amide bonds. The smallest absolute Gasteiger partial charge is 0.173 e. The maximum Gasteiger partial charge on any atom is 0.173 e. The average molecular weight is 328 g/mol. The quantitative estimate of drug-likeness (QED) is 0.791. The zero-order chi connectivity index (χ0) is 12.8. The molecule has 0 aromatic carbocycles. The lowest BCUT2D eigenvalue weighted by atomic mass is 10.0. The van der Waals surface area contributed by atoms with E-state index < -0.39 is 0 Å². The highest BCUT2D eigenvalue weighted by molar-refractivity contribution is 9.10. The molecule has 18 heavy (non-hydrogen) atoms. The van der Waals surface area contributed by atoms with Gasteiger partial charge in [0, 0.05) is 16.5 Å². The van der Waals surface area contributed by atoms with Crippen LogP contribution in [-0.4, -0.2) is 6.54 Å². The minimum Gasteiger partial charge on any atom is -0.457 e. The maximum absolute atomic E-state index is 5.34. The fraction of sp³-hybridized carbons (Fsp3) is 0.429. The molecular formula is C14H18BrNOS. The summed E-state index contributed by atoms with van der Waals surface area (Å²) in [5.74, 6) is 0. The lowest BCUT2D eigenvalue weighted by Crippen LogP contribution is -2.22. The third-order valence-corrected chi connectivity index (χ3v) is 4.50. The molecule has 1 N–H and O–H groups in total. The van der Waals surface area contributed by atoms with E-state index >= 15 is 0 Å². The van der Waals surface area contributed by atoms with Crippen molar-refractivity contribution in [2.75, 3.05) is 6.54 Å². The Bertz CT molecular complexity index is 452. The molecule has 98 valence electrons. The van der Waals surface area contributed by atoms with E-state index in [4.69, 9.17) is 4.42 Å². The van der Waals surface area contributed by atoms with Crippen molar-refractivity contribution in [2.45, 2.75) is 32.2 Å². The fourth-order valence-corrected chi connectivity index (χ4v) is 3.22. The lowest BCUT2D eigenvalue weighted by Gasteiger charge is -2.17. The summed E-state index contributed by atoms with van der Waals surface area (Å²) < 4.78 is 6.19. The Morgan fingerprint density at radius 3 is 2.94 bits per heavy atom. The molecule has 0 aliphatic rings. The van der Waals surface area contributed by atoms with Gasteiger partial charge in [-0.05, 0) is 59.2 Å². The second-order valence-corrected chi connectivity index (χ2v) is 6.03. The van der Waals surface area contributed by atoms with Gasteiger partial charge in [-0.3, -0.25) is 0 Å². The van der Waals surface area contributed by atoms with Crippen LogP contribution in [0.15, 0.2) is 38.9 Å². The van der Waals surface area contributed by atoms with Gasteiger partial charge < -0.3 is 9.73 Å². The summed E-state index contributed by atoms with van der Waals surface area (Å²) in [6.07, 6.45) is 5.09. The predicted octanol–water partition coefficient (Wildman–Crippen LogP) is 4.78. The minimum atomic E-state index is 0.361. The molecular weight excluding hydrogens is 310 g/mol. The first-order valence-corrected chi connectivity index (χ1v) is 7.97. The molecule has 2 aromatic rings. The molecule has 0 bridgehead atoms. The Kier molecular flexibility index (Phi) is 5.47.